The number of amides is 2. The summed E-state index contributed by atoms with van der Waals surface area (Å²) >= 11 is 9.45. The van der Waals surface area contributed by atoms with E-state index < -0.39 is 11.9 Å². The van der Waals surface area contributed by atoms with Crippen LogP contribution >= 0.6 is 27.5 Å². The molecule has 0 aliphatic carbocycles. The molecule has 2 rings (SSSR count). The molecule has 4 nitrogen and oxygen atoms in total. The van der Waals surface area contributed by atoms with E-state index >= 15 is 0 Å². The van der Waals surface area contributed by atoms with Gasteiger partial charge in [0.1, 0.15) is 11.9 Å². The molecule has 0 unspecified atom stereocenters. The minimum Gasteiger partial charge on any atom is -0.352 e. The van der Waals surface area contributed by atoms with Gasteiger partial charge < -0.3 is 10.2 Å². The van der Waals surface area contributed by atoms with Crippen LogP contribution in [0.1, 0.15) is 31.9 Å². The lowest BCUT2D eigenvalue weighted by molar-refractivity contribution is -0.140. The Bertz CT molecular complexity index is 823. The average molecular weight is 470 g/mol. The van der Waals surface area contributed by atoms with Crippen LogP contribution in [0, 0.1) is 5.82 Å². The second-order valence-electron chi connectivity index (χ2n) is 6.86. The zero-order chi connectivity index (χ0) is 20.8. The maximum absolute atomic E-state index is 14.1. The molecular formula is C21H23BrClFN2O2. The largest absolute Gasteiger partial charge is 0.352 e. The van der Waals surface area contributed by atoms with Crippen LogP contribution in [0.3, 0.4) is 0 Å². The van der Waals surface area contributed by atoms with Crippen molar-refractivity contribution in [3.8, 4) is 0 Å². The molecule has 0 saturated heterocycles. The van der Waals surface area contributed by atoms with Crippen molar-refractivity contribution in [3.63, 3.8) is 0 Å². The van der Waals surface area contributed by atoms with Crippen LogP contribution in [-0.2, 0) is 22.6 Å². The fourth-order valence-corrected chi connectivity index (χ4v) is 3.22. The lowest BCUT2D eigenvalue weighted by Crippen LogP contribution is -2.49. The Morgan fingerprint density at radius 1 is 1.14 bits per heavy atom. The van der Waals surface area contributed by atoms with Crippen LogP contribution in [0.25, 0.3) is 0 Å². The van der Waals surface area contributed by atoms with Gasteiger partial charge in [-0.05, 0) is 50.6 Å². The highest BCUT2D eigenvalue weighted by atomic mass is 79.9. The zero-order valence-corrected chi connectivity index (χ0v) is 18.3. The van der Waals surface area contributed by atoms with Crippen molar-refractivity contribution in [1.82, 2.24) is 10.2 Å². The molecule has 0 saturated carbocycles. The molecule has 0 bridgehead atoms. The fraction of sp³-hybridized carbons (Fsp3) is 0.333. The smallest absolute Gasteiger partial charge is 0.242 e. The second kappa shape index (κ2) is 10.0. The van der Waals surface area contributed by atoms with Gasteiger partial charge >= 0.3 is 0 Å². The number of hydrogen-bond acceptors (Lipinski definition) is 2. The van der Waals surface area contributed by atoms with Gasteiger partial charge in [0, 0.05) is 27.6 Å². The van der Waals surface area contributed by atoms with E-state index in [4.69, 9.17) is 11.6 Å². The van der Waals surface area contributed by atoms with E-state index in [1.807, 2.05) is 38.1 Å². The van der Waals surface area contributed by atoms with E-state index in [1.54, 1.807) is 13.0 Å². The molecule has 0 aromatic heterocycles. The normalized spacial score (nSPS) is 12.0. The highest BCUT2D eigenvalue weighted by Gasteiger charge is 2.27. The first-order valence-electron chi connectivity index (χ1n) is 8.96. The highest BCUT2D eigenvalue weighted by Crippen LogP contribution is 2.22. The quantitative estimate of drug-likeness (QED) is 0.637. The van der Waals surface area contributed by atoms with Gasteiger partial charge in [-0.1, -0.05) is 45.7 Å². The van der Waals surface area contributed by atoms with Gasteiger partial charge in [-0.2, -0.15) is 0 Å². The molecule has 0 spiro atoms. The molecule has 0 fully saturated rings. The Morgan fingerprint density at radius 2 is 1.79 bits per heavy atom. The molecular weight excluding hydrogens is 447 g/mol. The molecule has 2 aromatic carbocycles. The summed E-state index contributed by atoms with van der Waals surface area (Å²) in [5, 5.41) is 3.01. The number of nitrogens with one attached hydrogen (secondary N) is 1. The molecule has 0 aliphatic rings. The maximum Gasteiger partial charge on any atom is 0.242 e. The lowest BCUT2D eigenvalue weighted by Gasteiger charge is -2.29. The number of carbonyl (C=O) groups excluding carboxylic acids is 2. The summed E-state index contributed by atoms with van der Waals surface area (Å²) in [6, 6.07) is 11.0. The third-order valence-corrected chi connectivity index (χ3v) is 5.14. The van der Waals surface area contributed by atoms with Gasteiger partial charge in [0.2, 0.25) is 11.8 Å². The van der Waals surface area contributed by atoms with Gasteiger partial charge in [-0.25, -0.2) is 4.39 Å². The molecule has 0 radical (unpaired) electrons. The molecule has 2 aromatic rings. The summed E-state index contributed by atoms with van der Waals surface area (Å²) < 4.78 is 15.1. The second-order valence-corrected chi connectivity index (χ2v) is 8.19. The summed E-state index contributed by atoms with van der Waals surface area (Å²) in [5.41, 5.74) is 0.992. The minimum absolute atomic E-state index is 0.0550. The Labute approximate surface area is 178 Å². The highest BCUT2D eigenvalue weighted by molar-refractivity contribution is 9.10. The Morgan fingerprint density at radius 3 is 2.36 bits per heavy atom. The van der Waals surface area contributed by atoms with Gasteiger partial charge in [0.25, 0.3) is 0 Å². The number of halogens is 3. The Hall–Kier alpha value is -1.92. The third-order valence-electron chi connectivity index (χ3n) is 4.25. The number of hydrogen-bond donors (Lipinski definition) is 1. The lowest BCUT2D eigenvalue weighted by atomic mass is 10.1. The predicted molar refractivity (Wildman–Crippen MR) is 113 cm³/mol. The summed E-state index contributed by atoms with van der Waals surface area (Å²) in [6.07, 6.45) is -0.221. The number of benzene rings is 2. The maximum atomic E-state index is 14.1. The standard InChI is InChI=1S/C21H23BrClFN2O2/c1-13(2)25-21(28)14(3)26(12-15-7-9-16(22)10-8-15)20(27)11-17-18(23)5-4-6-19(17)24/h4-10,13-14H,11-12H2,1-3H3,(H,25,28)/t14-/m0/s1. The van der Waals surface area contributed by atoms with Crippen molar-refractivity contribution in [2.45, 2.75) is 45.8 Å². The molecule has 7 heteroatoms. The molecule has 150 valence electrons. The van der Waals surface area contributed by atoms with Crippen molar-refractivity contribution < 1.29 is 14.0 Å². The van der Waals surface area contributed by atoms with Gasteiger partial charge in [-0.15, -0.1) is 0 Å². The fourth-order valence-electron chi connectivity index (χ4n) is 2.73. The molecule has 2 amide bonds. The summed E-state index contributed by atoms with van der Waals surface area (Å²) in [6.45, 7) is 5.59. The third kappa shape index (κ3) is 6.04. The Balaban J connectivity index is 2.29. The van der Waals surface area contributed by atoms with Crippen molar-refractivity contribution in [3.05, 3.63) is 68.9 Å². The van der Waals surface area contributed by atoms with Crippen LogP contribution < -0.4 is 5.32 Å². The first kappa shape index (κ1) is 22.4. The first-order chi connectivity index (χ1) is 13.2. The van der Waals surface area contributed by atoms with E-state index in [0.29, 0.717) is 0 Å². The molecule has 1 atom stereocenters. The van der Waals surface area contributed by atoms with E-state index in [9.17, 15) is 14.0 Å². The van der Waals surface area contributed by atoms with Crippen molar-refractivity contribution in [2.75, 3.05) is 0 Å². The van der Waals surface area contributed by atoms with Crippen molar-refractivity contribution in [1.29, 1.82) is 0 Å². The van der Waals surface area contributed by atoms with E-state index in [2.05, 4.69) is 21.2 Å². The van der Waals surface area contributed by atoms with Crippen molar-refractivity contribution >= 4 is 39.3 Å². The SMILES string of the molecule is CC(C)NC(=O)[C@H](C)N(Cc1ccc(Br)cc1)C(=O)Cc1c(F)cccc1Cl. The molecule has 0 aliphatic heterocycles. The van der Waals surface area contributed by atoms with Crippen LogP contribution in [0.4, 0.5) is 4.39 Å². The average Bonchev–Trinajstić information content (AvgIpc) is 2.63. The predicted octanol–water partition coefficient (Wildman–Crippen LogP) is 4.73. The van der Waals surface area contributed by atoms with E-state index in [0.717, 1.165) is 10.0 Å². The summed E-state index contributed by atoms with van der Waals surface area (Å²) in [7, 11) is 0. The van der Waals surface area contributed by atoms with Crippen LogP contribution in [-0.4, -0.2) is 28.8 Å². The van der Waals surface area contributed by atoms with Gasteiger partial charge in [-0.3, -0.25) is 9.59 Å². The van der Waals surface area contributed by atoms with Crippen molar-refractivity contribution in [2.24, 2.45) is 0 Å². The molecule has 0 heterocycles. The van der Waals surface area contributed by atoms with Crippen LogP contribution in [0.15, 0.2) is 46.9 Å². The number of carbonyl (C=O) groups is 2. The zero-order valence-electron chi connectivity index (χ0n) is 16.0. The monoisotopic (exact) mass is 468 g/mol. The van der Waals surface area contributed by atoms with E-state index in [-0.39, 0.29) is 41.4 Å². The molecule has 28 heavy (non-hydrogen) atoms. The molecule has 1 N–H and O–H groups in total. The minimum atomic E-state index is -0.718. The first-order valence-corrected chi connectivity index (χ1v) is 10.1. The number of nitrogens with zero attached hydrogens (tertiary/aromatic N) is 1. The van der Waals surface area contributed by atoms with Crippen LogP contribution in [0.2, 0.25) is 5.02 Å². The van der Waals surface area contributed by atoms with Gasteiger partial charge in [0.15, 0.2) is 0 Å². The topological polar surface area (TPSA) is 49.4 Å². The summed E-state index contributed by atoms with van der Waals surface area (Å²) in [5.74, 6) is -1.18. The summed E-state index contributed by atoms with van der Waals surface area (Å²) in [4.78, 5) is 27.0. The van der Waals surface area contributed by atoms with Crippen LogP contribution in [0.5, 0.6) is 0 Å². The van der Waals surface area contributed by atoms with E-state index in [1.165, 1.54) is 17.0 Å². The Kier molecular flexibility index (Phi) is 8.01. The van der Waals surface area contributed by atoms with Gasteiger partial charge in [0.05, 0.1) is 6.42 Å². The number of rotatable bonds is 7.